The van der Waals surface area contributed by atoms with Gasteiger partial charge < -0.3 is 9.47 Å². The van der Waals surface area contributed by atoms with Crippen LogP contribution >= 0.6 is 0 Å². The van der Waals surface area contributed by atoms with Crippen LogP contribution in [-0.4, -0.2) is 11.7 Å². The molecule has 3 nitrogen and oxygen atoms in total. The average Bonchev–Trinajstić information content (AvgIpc) is 2.97. The molecule has 0 amide bonds. The van der Waals surface area contributed by atoms with Gasteiger partial charge in [-0.05, 0) is 26.0 Å². The molecule has 2 aliphatic heterocycles. The van der Waals surface area contributed by atoms with E-state index in [-0.39, 0.29) is 11.7 Å². The molecule has 0 radical (unpaired) electrons. The van der Waals surface area contributed by atoms with Crippen molar-refractivity contribution >= 4 is 0 Å². The Hall–Kier alpha value is -1.69. The van der Waals surface area contributed by atoms with Crippen LogP contribution in [0.1, 0.15) is 20.3 Å². The molecular formula is C12H11NO2. The molecule has 1 fully saturated rings. The van der Waals surface area contributed by atoms with E-state index >= 15 is 0 Å². The van der Waals surface area contributed by atoms with Gasteiger partial charge in [0.1, 0.15) is 17.1 Å². The topological polar surface area (TPSA) is 45.5 Å². The zero-order valence-corrected chi connectivity index (χ0v) is 8.70. The van der Waals surface area contributed by atoms with Crippen LogP contribution in [0.2, 0.25) is 0 Å². The fourth-order valence-corrected chi connectivity index (χ4v) is 2.11. The number of epoxide rings is 1. The highest BCUT2D eigenvalue weighted by Gasteiger charge is 2.54. The van der Waals surface area contributed by atoms with Crippen LogP contribution in [0.25, 0.3) is 0 Å². The normalized spacial score (nSPS) is 29.8. The van der Waals surface area contributed by atoms with E-state index in [9.17, 15) is 0 Å². The first-order chi connectivity index (χ1) is 7.12. The number of hydrogen-bond acceptors (Lipinski definition) is 3. The van der Waals surface area contributed by atoms with Gasteiger partial charge >= 0.3 is 0 Å². The van der Waals surface area contributed by atoms with Crippen molar-refractivity contribution in [3.63, 3.8) is 0 Å². The number of hydrogen-bond donors (Lipinski definition) is 0. The van der Waals surface area contributed by atoms with E-state index in [1.54, 1.807) is 0 Å². The van der Waals surface area contributed by atoms with Gasteiger partial charge in [-0.1, -0.05) is 0 Å². The fourth-order valence-electron chi connectivity index (χ4n) is 2.11. The van der Waals surface area contributed by atoms with Crippen molar-refractivity contribution in [3.8, 4) is 6.07 Å². The van der Waals surface area contributed by atoms with Crippen LogP contribution in [0.5, 0.6) is 0 Å². The minimum absolute atomic E-state index is 0.0858. The van der Waals surface area contributed by atoms with Gasteiger partial charge in [-0.15, -0.1) is 0 Å². The third kappa shape index (κ3) is 1.11. The third-order valence-corrected chi connectivity index (χ3v) is 2.97. The lowest BCUT2D eigenvalue weighted by atomic mass is 9.91. The van der Waals surface area contributed by atoms with E-state index in [1.165, 1.54) is 0 Å². The first kappa shape index (κ1) is 8.60. The molecule has 1 unspecified atom stereocenters. The minimum atomic E-state index is -0.275. The van der Waals surface area contributed by atoms with Crippen molar-refractivity contribution in [1.29, 1.82) is 5.26 Å². The second kappa shape index (κ2) is 2.46. The summed E-state index contributed by atoms with van der Waals surface area (Å²) in [5.41, 5.74) is 1.54. The summed E-state index contributed by atoms with van der Waals surface area (Å²) in [6, 6.07) is 2.17. The van der Waals surface area contributed by atoms with Gasteiger partial charge in [0.25, 0.3) is 0 Å². The Balaban J connectivity index is 2.06. The maximum Gasteiger partial charge on any atom is 0.194 e. The van der Waals surface area contributed by atoms with Gasteiger partial charge in [0.15, 0.2) is 6.10 Å². The molecular weight excluding hydrogens is 190 g/mol. The van der Waals surface area contributed by atoms with Gasteiger partial charge in [-0.25, -0.2) is 0 Å². The highest BCUT2D eigenvalue weighted by Crippen LogP contribution is 2.50. The summed E-state index contributed by atoms with van der Waals surface area (Å²) >= 11 is 0. The number of fused-ring (bicyclic) bond motifs is 2. The number of allylic oxidation sites excluding steroid dienone is 4. The molecule has 3 rings (SSSR count). The zero-order chi connectivity index (χ0) is 10.6. The van der Waals surface area contributed by atoms with E-state index in [2.05, 4.69) is 6.07 Å². The Morgan fingerprint density at radius 3 is 3.00 bits per heavy atom. The molecule has 2 heterocycles. The van der Waals surface area contributed by atoms with Crippen molar-refractivity contribution in [2.75, 3.05) is 0 Å². The van der Waals surface area contributed by atoms with E-state index in [4.69, 9.17) is 14.7 Å². The summed E-state index contributed by atoms with van der Waals surface area (Å²) in [4.78, 5) is 0. The molecule has 1 atom stereocenters. The molecule has 0 saturated carbocycles. The summed E-state index contributed by atoms with van der Waals surface area (Å²) in [6.45, 7) is 4.04. The van der Waals surface area contributed by atoms with Gasteiger partial charge in [-0.2, -0.15) is 5.26 Å². The maximum absolute atomic E-state index is 8.83. The van der Waals surface area contributed by atoms with Crippen molar-refractivity contribution in [1.82, 2.24) is 0 Å². The summed E-state index contributed by atoms with van der Waals surface area (Å²) in [5, 5.41) is 8.83. The molecule has 3 aliphatic rings. The highest BCUT2D eigenvalue weighted by atomic mass is 16.6. The molecule has 0 aromatic heterocycles. The van der Waals surface area contributed by atoms with Crippen molar-refractivity contribution in [2.45, 2.75) is 32.0 Å². The molecule has 0 spiro atoms. The van der Waals surface area contributed by atoms with E-state index < -0.39 is 0 Å². The molecule has 76 valence electrons. The molecule has 0 bridgehead atoms. The first-order valence-corrected chi connectivity index (χ1v) is 5.02. The van der Waals surface area contributed by atoms with Gasteiger partial charge in [-0.3, -0.25) is 0 Å². The van der Waals surface area contributed by atoms with Crippen LogP contribution in [-0.2, 0) is 9.47 Å². The Kier molecular flexibility index (Phi) is 1.41. The second-order valence-corrected chi connectivity index (χ2v) is 4.56. The average molecular weight is 201 g/mol. The van der Waals surface area contributed by atoms with Crippen LogP contribution in [0.4, 0.5) is 0 Å². The predicted octanol–water partition coefficient (Wildman–Crippen LogP) is 2.19. The molecule has 0 aromatic rings. The predicted molar refractivity (Wildman–Crippen MR) is 53.5 cm³/mol. The van der Waals surface area contributed by atoms with E-state index in [0.29, 0.717) is 6.42 Å². The standard InChI is InChI=1S/C12H11NO2/c1-12(2)11-10(14-11)8-5-7(6-13)3-4-9(8)15-12/h3-4,11H,5H2,1-2H3. The number of ether oxygens (including phenoxy) is 2. The molecule has 0 aromatic carbocycles. The minimum Gasteiger partial charge on any atom is -0.483 e. The second-order valence-electron chi connectivity index (χ2n) is 4.56. The summed E-state index contributed by atoms with van der Waals surface area (Å²) in [6.07, 6.45) is 4.41. The lowest BCUT2D eigenvalue weighted by Crippen LogP contribution is -2.34. The van der Waals surface area contributed by atoms with Crippen LogP contribution in [0, 0.1) is 11.3 Å². The fraction of sp³-hybridized carbons (Fsp3) is 0.417. The Labute approximate surface area is 88.3 Å². The van der Waals surface area contributed by atoms with Gasteiger partial charge in [0.2, 0.25) is 0 Å². The highest BCUT2D eigenvalue weighted by molar-refractivity contribution is 5.50. The summed E-state index contributed by atoms with van der Waals surface area (Å²) in [5.74, 6) is 1.88. The summed E-state index contributed by atoms with van der Waals surface area (Å²) in [7, 11) is 0. The number of rotatable bonds is 0. The van der Waals surface area contributed by atoms with Gasteiger partial charge in [0.05, 0.1) is 6.07 Å². The van der Waals surface area contributed by atoms with E-state index in [1.807, 2.05) is 26.0 Å². The lowest BCUT2D eigenvalue weighted by molar-refractivity contribution is 0.0127. The van der Waals surface area contributed by atoms with Crippen LogP contribution < -0.4 is 0 Å². The Morgan fingerprint density at radius 2 is 2.27 bits per heavy atom. The molecule has 1 saturated heterocycles. The molecule has 3 heteroatoms. The van der Waals surface area contributed by atoms with Gasteiger partial charge in [0, 0.05) is 17.6 Å². The summed E-state index contributed by atoms with van der Waals surface area (Å²) < 4.78 is 11.4. The third-order valence-electron chi connectivity index (χ3n) is 2.97. The van der Waals surface area contributed by atoms with Crippen LogP contribution in [0.3, 0.4) is 0 Å². The Morgan fingerprint density at radius 1 is 1.47 bits per heavy atom. The van der Waals surface area contributed by atoms with Crippen molar-refractivity contribution in [3.05, 3.63) is 34.8 Å². The van der Waals surface area contributed by atoms with Crippen molar-refractivity contribution in [2.24, 2.45) is 0 Å². The van der Waals surface area contributed by atoms with Crippen LogP contribution in [0.15, 0.2) is 34.8 Å². The largest absolute Gasteiger partial charge is 0.483 e. The number of nitrogens with zero attached hydrogens (tertiary/aromatic N) is 1. The quantitative estimate of drug-likeness (QED) is 0.564. The van der Waals surface area contributed by atoms with E-state index in [0.717, 1.165) is 22.7 Å². The van der Waals surface area contributed by atoms with Crippen molar-refractivity contribution < 1.29 is 9.47 Å². The molecule has 0 N–H and O–H groups in total. The SMILES string of the molecule is CC1(C)OC2=CC=C(C#N)CC2=C2OC21. The monoisotopic (exact) mass is 201 g/mol. The molecule has 15 heavy (non-hydrogen) atoms. The maximum atomic E-state index is 8.83. The first-order valence-electron chi connectivity index (χ1n) is 5.02. The smallest absolute Gasteiger partial charge is 0.194 e. The zero-order valence-electron chi connectivity index (χ0n) is 8.70. The number of nitriles is 1. The lowest BCUT2D eigenvalue weighted by Gasteiger charge is -2.29. The Bertz CT molecular complexity index is 474. The molecule has 1 aliphatic carbocycles.